The highest BCUT2D eigenvalue weighted by molar-refractivity contribution is 6.35. The summed E-state index contributed by atoms with van der Waals surface area (Å²) in [6.07, 6.45) is 0.116. The third-order valence-corrected chi connectivity index (χ3v) is 8.26. The number of aliphatic hydroxyl groups excluding tert-OH is 1. The Bertz CT molecular complexity index is 1610. The van der Waals surface area contributed by atoms with Crippen molar-refractivity contribution >= 4 is 35.0 Å². The fourth-order valence-corrected chi connectivity index (χ4v) is 6.12. The third kappa shape index (κ3) is 5.62. The first-order valence-electron chi connectivity index (χ1n) is 13.9. The minimum absolute atomic E-state index is 0.0674. The smallest absolute Gasteiger partial charge is 0.255 e. The molecule has 1 N–H and O–H groups in total. The highest BCUT2D eigenvalue weighted by atomic mass is 35.5. The van der Waals surface area contributed by atoms with Gasteiger partial charge in [0, 0.05) is 53.7 Å². The molecule has 2 aliphatic heterocycles. The molecule has 42 heavy (non-hydrogen) atoms. The average molecular weight is 602 g/mol. The van der Waals surface area contributed by atoms with E-state index in [0.29, 0.717) is 59.8 Å². The van der Waals surface area contributed by atoms with Crippen molar-refractivity contribution in [2.45, 2.75) is 37.6 Å². The molecule has 2 atom stereocenters. The molecule has 2 aliphatic rings. The molecular weight excluding hydrogens is 571 g/mol. The summed E-state index contributed by atoms with van der Waals surface area (Å²) in [4.78, 5) is 21.8. The van der Waals surface area contributed by atoms with Crippen molar-refractivity contribution < 1.29 is 19.4 Å². The Hall–Kier alpha value is -3.84. The molecule has 2 heterocycles. The lowest BCUT2D eigenvalue weighted by Crippen LogP contribution is -2.49. The Morgan fingerprint density at radius 3 is 2.43 bits per heavy atom. The van der Waals surface area contributed by atoms with Crippen molar-refractivity contribution in [2.75, 3.05) is 13.2 Å². The fourth-order valence-electron chi connectivity index (χ4n) is 5.62. The van der Waals surface area contributed by atoms with Crippen LogP contribution in [0.15, 0.2) is 102 Å². The second-order valence-corrected chi connectivity index (χ2v) is 11.4. The van der Waals surface area contributed by atoms with E-state index in [1.807, 2.05) is 77.7 Å². The monoisotopic (exact) mass is 600 g/mol. The molecule has 1 spiro atoms. The molecule has 0 unspecified atom stereocenters. The largest absolute Gasteiger partial charge is 0.494 e. The first kappa shape index (κ1) is 28.3. The van der Waals surface area contributed by atoms with Crippen LogP contribution in [0.4, 0.5) is 0 Å². The molecule has 0 saturated heterocycles. The van der Waals surface area contributed by atoms with E-state index < -0.39 is 11.6 Å². The van der Waals surface area contributed by atoms with Crippen molar-refractivity contribution in [1.82, 2.24) is 4.90 Å². The number of aliphatic hydroxyl groups is 1. The topological polar surface area (TPSA) is 71.4 Å². The molecule has 0 radical (unpaired) electrons. The van der Waals surface area contributed by atoms with Gasteiger partial charge in [0.15, 0.2) is 11.6 Å². The Balaban J connectivity index is 1.46. The van der Waals surface area contributed by atoms with E-state index in [4.69, 9.17) is 42.8 Å². The predicted octanol–water partition coefficient (Wildman–Crippen LogP) is 6.80. The van der Waals surface area contributed by atoms with Gasteiger partial charge < -0.3 is 19.5 Å². The molecule has 0 fully saturated rings. The van der Waals surface area contributed by atoms with E-state index >= 15 is 0 Å². The van der Waals surface area contributed by atoms with Gasteiger partial charge in [-0.05, 0) is 53.1 Å². The maximum atomic E-state index is 14.8. The van der Waals surface area contributed by atoms with E-state index in [1.165, 1.54) is 0 Å². The van der Waals surface area contributed by atoms with Crippen molar-refractivity contribution in [3.8, 4) is 5.75 Å². The molecule has 0 aromatic heterocycles. The minimum Gasteiger partial charge on any atom is -0.494 e. The molecule has 0 saturated carbocycles. The molecule has 8 heteroatoms. The number of benzene rings is 4. The predicted molar refractivity (Wildman–Crippen MR) is 164 cm³/mol. The Morgan fingerprint density at radius 1 is 0.952 bits per heavy atom. The summed E-state index contributed by atoms with van der Waals surface area (Å²) >= 11 is 13.0. The molecule has 214 valence electrons. The molecule has 4 aromatic rings. The van der Waals surface area contributed by atoms with Crippen molar-refractivity contribution in [1.29, 1.82) is 0 Å². The Labute approximate surface area is 255 Å². The van der Waals surface area contributed by atoms with Crippen LogP contribution in [0.2, 0.25) is 10.0 Å². The number of fused-ring (bicyclic) bond motifs is 1. The minimum atomic E-state index is -1.30. The average Bonchev–Trinajstić information content (AvgIpc) is 3.33. The number of aliphatic imine (C=N–C) groups is 1. The third-order valence-electron chi connectivity index (χ3n) is 7.70. The number of carbonyl (C=O) groups is 1. The summed E-state index contributed by atoms with van der Waals surface area (Å²) in [6, 6.07) is 30.7. The number of carbonyl (C=O) groups excluding carboxylic acids is 1. The quantitative estimate of drug-likeness (QED) is 0.226. The van der Waals surface area contributed by atoms with E-state index in [2.05, 4.69) is 12.1 Å². The molecular formula is C34H30Cl2N2O4. The molecule has 1 amide bonds. The maximum absolute atomic E-state index is 14.8. The van der Waals surface area contributed by atoms with Crippen LogP contribution in [0.3, 0.4) is 0 Å². The van der Waals surface area contributed by atoms with E-state index in [1.54, 1.807) is 12.1 Å². The lowest BCUT2D eigenvalue weighted by molar-refractivity contribution is -0.140. The fraction of sp³-hybridized carbons (Fsp3) is 0.235. The normalized spacial score (nSPS) is 19.7. The summed E-state index contributed by atoms with van der Waals surface area (Å²) in [6.45, 7) is 1.37. The van der Waals surface area contributed by atoms with Crippen LogP contribution in [0, 0.1) is 0 Å². The zero-order valence-corrected chi connectivity index (χ0v) is 24.4. The first-order chi connectivity index (χ1) is 20.5. The molecule has 6 rings (SSSR count). The maximum Gasteiger partial charge on any atom is 0.255 e. The second kappa shape index (κ2) is 12.2. The van der Waals surface area contributed by atoms with Gasteiger partial charge in [0.1, 0.15) is 5.75 Å². The molecule has 6 nitrogen and oxygen atoms in total. The lowest BCUT2D eigenvalue weighted by Gasteiger charge is -2.33. The van der Waals surface area contributed by atoms with Gasteiger partial charge in [0.2, 0.25) is 5.90 Å². The number of rotatable bonds is 8. The summed E-state index contributed by atoms with van der Waals surface area (Å²) in [5.74, 6) is 0.907. The van der Waals surface area contributed by atoms with Gasteiger partial charge in [-0.2, -0.15) is 0 Å². The number of nitrogens with zero attached hydrogens (tertiary/aromatic N) is 2. The second-order valence-electron chi connectivity index (χ2n) is 10.5. The standard InChI is InChI=1S/C34H30Cl2N2O4/c35-27-13-16-29(30(36)19-27)31-34(37-32(42-31)24-11-14-28(15-12-24)41-18-6-17-39)20-25-9-4-5-10-26(25)22-38(33(34)40)21-23-7-2-1-3-8-23/h1-5,7-16,19,31,39H,6,17-18,20-22H2/t31-,34-/m0/s1. The Morgan fingerprint density at radius 2 is 1.69 bits per heavy atom. The SMILES string of the molecule is O=C1N(Cc2ccccc2)Cc2ccccc2C[C@@]12N=C(c1ccc(OCCCO)cc1)O[C@H]2c1ccc(Cl)cc1Cl. The number of ether oxygens (including phenoxy) is 2. The van der Waals surface area contributed by atoms with Gasteiger partial charge in [-0.3, -0.25) is 4.79 Å². The van der Waals surface area contributed by atoms with Crippen LogP contribution in [-0.4, -0.2) is 40.6 Å². The molecule has 0 aliphatic carbocycles. The van der Waals surface area contributed by atoms with Gasteiger partial charge in [-0.1, -0.05) is 83.9 Å². The van der Waals surface area contributed by atoms with Crippen LogP contribution >= 0.6 is 23.2 Å². The zero-order chi connectivity index (χ0) is 29.1. The summed E-state index contributed by atoms with van der Waals surface area (Å²) in [5, 5.41) is 9.96. The molecule has 4 aromatic carbocycles. The highest BCUT2D eigenvalue weighted by Gasteiger charge is 2.56. The van der Waals surface area contributed by atoms with Crippen LogP contribution in [-0.2, 0) is 29.0 Å². The first-order valence-corrected chi connectivity index (χ1v) is 14.7. The zero-order valence-electron chi connectivity index (χ0n) is 22.9. The number of hydrogen-bond acceptors (Lipinski definition) is 5. The van der Waals surface area contributed by atoms with Gasteiger partial charge >= 0.3 is 0 Å². The number of amides is 1. The van der Waals surface area contributed by atoms with Crippen LogP contribution < -0.4 is 4.74 Å². The van der Waals surface area contributed by atoms with E-state index in [9.17, 15) is 4.79 Å². The van der Waals surface area contributed by atoms with Gasteiger partial charge in [0.25, 0.3) is 5.91 Å². The van der Waals surface area contributed by atoms with Crippen molar-refractivity contribution in [3.63, 3.8) is 0 Å². The van der Waals surface area contributed by atoms with Crippen LogP contribution in [0.1, 0.15) is 40.3 Å². The number of halogens is 2. The van der Waals surface area contributed by atoms with Crippen molar-refractivity contribution in [3.05, 3.63) is 135 Å². The Kier molecular flexibility index (Phi) is 8.20. The summed E-state index contributed by atoms with van der Waals surface area (Å²) in [7, 11) is 0. The van der Waals surface area contributed by atoms with Gasteiger partial charge in [0.05, 0.1) is 6.61 Å². The highest BCUT2D eigenvalue weighted by Crippen LogP contribution is 2.47. The van der Waals surface area contributed by atoms with Crippen LogP contribution in [0.5, 0.6) is 5.75 Å². The number of hydrogen-bond donors (Lipinski definition) is 1. The van der Waals surface area contributed by atoms with E-state index in [-0.39, 0.29) is 12.5 Å². The van der Waals surface area contributed by atoms with Gasteiger partial charge in [-0.15, -0.1) is 0 Å². The summed E-state index contributed by atoms with van der Waals surface area (Å²) < 4.78 is 12.3. The van der Waals surface area contributed by atoms with Crippen molar-refractivity contribution in [2.24, 2.45) is 4.99 Å². The summed E-state index contributed by atoms with van der Waals surface area (Å²) in [5.41, 5.74) is 3.21. The van der Waals surface area contributed by atoms with Gasteiger partial charge in [-0.25, -0.2) is 4.99 Å². The lowest BCUT2D eigenvalue weighted by atomic mass is 9.81. The van der Waals surface area contributed by atoms with E-state index in [0.717, 1.165) is 22.3 Å². The molecule has 0 bridgehead atoms. The van der Waals surface area contributed by atoms with Crippen LogP contribution in [0.25, 0.3) is 0 Å².